The molecule has 1 N–H and O–H groups in total. The Morgan fingerprint density at radius 2 is 2.14 bits per heavy atom. The predicted octanol–water partition coefficient (Wildman–Crippen LogP) is 2.85. The summed E-state index contributed by atoms with van der Waals surface area (Å²) in [7, 11) is 0. The summed E-state index contributed by atoms with van der Waals surface area (Å²) in [4.78, 5) is 12.3. The molecule has 0 radical (unpaired) electrons. The number of rotatable bonds is 3. The number of carbonyl (C=O) groups excluding carboxylic acids is 1. The fraction of sp³-hybridized carbons (Fsp3) is 0.909. The Hall–Kier alpha value is -0.0500. The number of hydrogen-bond donors (Lipinski definition) is 1. The highest BCUT2D eigenvalue weighted by Crippen LogP contribution is 2.27. The summed E-state index contributed by atoms with van der Waals surface area (Å²) in [5, 5.41) is 3.13. The number of halogens is 1. The molecule has 0 spiro atoms. The maximum Gasteiger partial charge on any atom is 0.225 e. The minimum Gasteiger partial charge on any atom is -0.352 e. The summed E-state index contributed by atoms with van der Waals surface area (Å²) >= 11 is 3.61. The van der Waals surface area contributed by atoms with Crippen LogP contribution in [0.2, 0.25) is 0 Å². The molecule has 1 fully saturated rings. The lowest BCUT2D eigenvalue weighted by Crippen LogP contribution is -2.44. The van der Waals surface area contributed by atoms with Gasteiger partial charge in [-0.15, -0.1) is 0 Å². The van der Waals surface area contributed by atoms with Crippen molar-refractivity contribution in [3.05, 3.63) is 0 Å². The number of carbonyl (C=O) groups is 1. The molecule has 82 valence electrons. The molecule has 0 aromatic carbocycles. The van der Waals surface area contributed by atoms with E-state index in [1.165, 1.54) is 12.8 Å². The van der Waals surface area contributed by atoms with Crippen molar-refractivity contribution in [2.75, 3.05) is 0 Å². The molecule has 0 saturated heterocycles. The van der Waals surface area contributed by atoms with Gasteiger partial charge in [0.05, 0.1) is 0 Å². The van der Waals surface area contributed by atoms with Crippen molar-refractivity contribution in [1.29, 1.82) is 0 Å². The summed E-state index contributed by atoms with van der Waals surface area (Å²) in [6, 6.07) is 0.341. The molecule has 1 aliphatic carbocycles. The van der Waals surface area contributed by atoms with E-state index < -0.39 is 0 Å². The topological polar surface area (TPSA) is 29.1 Å². The molecule has 0 aliphatic heterocycles. The Bertz CT molecular complexity index is 215. The molecule has 1 aliphatic rings. The Balaban J connectivity index is 2.48. The Morgan fingerprint density at radius 1 is 1.50 bits per heavy atom. The van der Waals surface area contributed by atoms with Crippen LogP contribution in [0.5, 0.6) is 0 Å². The lowest BCUT2D eigenvalue weighted by Gasteiger charge is -2.25. The van der Waals surface area contributed by atoms with Crippen LogP contribution in [0.25, 0.3) is 0 Å². The minimum atomic E-state index is -0.227. The third-order valence-corrected chi connectivity index (χ3v) is 4.34. The summed E-state index contributed by atoms with van der Waals surface area (Å²) in [5.41, 5.74) is -0.227. The van der Waals surface area contributed by atoms with E-state index in [1.54, 1.807) is 0 Å². The van der Waals surface area contributed by atoms with Gasteiger partial charge in [-0.2, -0.15) is 0 Å². The third-order valence-electron chi connectivity index (χ3n) is 3.25. The van der Waals surface area contributed by atoms with Crippen LogP contribution >= 0.6 is 15.9 Å². The first-order chi connectivity index (χ1) is 6.47. The molecular weight excluding hydrogens is 242 g/mol. The Morgan fingerprint density at radius 3 is 2.57 bits per heavy atom. The molecular formula is C11H20BrNO. The highest BCUT2D eigenvalue weighted by molar-refractivity contribution is 9.09. The van der Waals surface area contributed by atoms with Crippen molar-refractivity contribution in [1.82, 2.24) is 5.32 Å². The monoisotopic (exact) mass is 261 g/mol. The first-order valence-electron chi connectivity index (χ1n) is 5.42. The largest absolute Gasteiger partial charge is 0.352 e. The lowest BCUT2D eigenvalue weighted by atomic mass is 9.89. The Kier molecular flexibility index (Phi) is 3.99. The highest BCUT2D eigenvalue weighted by atomic mass is 79.9. The van der Waals surface area contributed by atoms with E-state index in [2.05, 4.69) is 28.2 Å². The zero-order chi connectivity index (χ0) is 10.8. The maximum atomic E-state index is 11.9. The van der Waals surface area contributed by atoms with Gasteiger partial charge >= 0.3 is 0 Å². The molecule has 1 saturated carbocycles. The molecule has 0 bridgehead atoms. The van der Waals surface area contributed by atoms with Gasteiger partial charge in [0.1, 0.15) is 0 Å². The molecule has 2 unspecified atom stereocenters. The average Bonchev–Trinajstić information content (AvgIpc) is 2.52. The van der Waals surface area contributed by atoms with Crippen molar-refractivity contribution in [2.45, 2.75) is 57.3 Å². The second-order valence-corrected chi connectivity index (χ2v) is 5.94. The second kappa shape index (κ2) is 4.65. The Labute approximate surface area is 95.0 Å². The summed E-state index contributed by atoms with van der Waals surface area (Å²) in [5.74, 6) is 0.191. The SMILES string of the molecule is CCC(C)(C)C(=O)NC1CCCC1Br. The molecule has 0 heterocycles. The van der Waals surface area contributed by atoms with E-state index in [0.29, 0.717) is 10.9 Å². The maximum absolute atomic E-state index is 11.9. The van der Waals surface area contributed by atoms with Gasteiger partial charge in [0.15, 0.2) is 0 Å². The van der Waals surface area contributed by atoms with Crippen LogP contribution in [0.1, 0.15) is 46.5 Å². The zero-order valence-electron chi connectivity index (χ0n) is 9.27. The quantitative estimate of drug-likeness (QED) is 0.778. The highest BCUT2D eigenvalue weighted by Gasteiger charge is 2.31. The van der Waals surface area contributed by atoms with E-state index in [4.69, 9.17) is 0 Å². The fourth-order valence-electron chi connectivity index (χ4n) is 1.60. The third kappa shape index (κ3) is 2.72. The molecule has 0 aromatic heterocycles. The molecule has 2 nitrogen and oxygen atoms in total. The lowest BCUT2D eigenvalue weighted by molar-refractivity contribution is -0.130. The van der Waals surface area contributed by atoms with Crippen LogP contribution < -0.4 is 5.32 Å². The standard InChI is InChI=1S/C11H20BrNO/c1-4-11(2,3)10(14)13-9-7-5-6-8(9)12/h8-9H,4-7H2,1-3H3,(H,13,14). The molecule has 0 aromatic rings. The van der Waals surface area contributed by atoms with Crippen LogP contribution in [-0.4, -0.2) is 16.8 Å². The van der Waals surface area contributed by atoms with Gasteiger partial charge in [-0.3, -0.25) is 4.79 Å². The summed E-state index contributed by atoms with van der Waals surface area (Å²) in [6.07, 6.45) is 4.39. The summed E-state index contributed by atoms with van der Waals surface area (Å²) < 4.78 is 0. The average molecular weight is 262 g/mol. The number of alkyl halides is 1. The van der Waals surface area contributed by atoms with Gasteiger partial charge in [-0.25, -0.2) is 0 Å². The second-order valence-electron chi connectivity index (χ2n) is 4.76. The zero-order valence-corrected chi connectivity index (χ0v) is 10.9. The number of hydrogen-bond acceptors (Lipinski definition) is 1. The van der Waals surface area contributed by atoms with E-state index in [0.717, 1.165) is 12.8 Å². The van der Waals surface area contributed by atoms with Gasteiger partial charge in [0, 0.05) is 16.3 Å². The van der Waals surface area contributed by atoms with Crippen molar-refractivity contribution < 1.29 is 4.79 Å². The molecule has 1 rings (SSSR count). The van der Waals surface area contributed by atoms with Crippen molar-refractivity contribution >= 4 is 21.8 Å². The van der Waals surface area contributed by atoms with Gasteiger partial charge in [-0.1, -0.05) is 43.1 Å². The minimum absolute atomic E-state index is 0.191. The normalized spacial score (nSPS) is 27.7. The molecule has 2 atom stereocenters. The number of nitrogens with one attached hydrogen (secondary N) is 1. The van der Waals surface area contributed by atoms with Crippen LogP contribution in [0.3, 0.4) is 0 Å². The van der Waals surface area contributed by atoms with E-state index in [1.807, 2.05) is 13.8 Å². The van der Waals surface area contributed by atoms with Crippen molar-refractivity contribution in [3.63, 3.8) is 0 Å². The molecule has 1 amide bonds. The van der Waals surface area contributed by atoms with Crippen LogP contribution in [0.4, 0.5) is 0 Å². The summed E-state index contributed by atoms with van der Waals surface area (Å²) in [6.45, 7) is 6.06. The fourth-order valence-corrected chi connectivity index (χ4v) is 2.32. The molecule has 3 heteroatoms. The van der Waals surface area contributed by atoms with E-state index in [9.17, 15) is 4.79 Å². The van der Waals surface area contributed by atoms with E-state index >= 15 is 0 Å². The van der Waals surface area contributed by atoms with Gasteiger partial charge in [-0.05, 0) is 19.3 Å². The van der Waals surface area contributed by atoms with E-state index in [-0.39, 0.29) is 11.3 Å². The van der Waals surface area contributed by atoms with Crippen molar-refractivity contribution in [3.8, 4) is 0 Å². The van der Waals surface area contributed by atoms with Gasteiger partial charge in [0.2, 0.25) is 5.91 Å². The van der Waals surface area contributed by atoms with Crippen molar-refractivity contribution in [2.24, 2.45) is 5.41 Å². The number of amides is 1. The van der Waals surface area contributed by atoms with Gasteiger partial charge in [0.25, 0.3) is 0 Å². The first-order valence-corrected chi connectivity index (χ1v) is 6.34. The van der Waals surface area contributed by atoms with Crippen LogP contribution in [-0.2, 0) is 4.79 Å². The predicted molar refractivity (Wildman–Crippen MR) is 62.6 cm³/mol. The smallest absolute Gasteiger partial charge is 0.225 e. The van der Waals surface area contributed by atoms with Crippen LogP contribution in [0, 0.1) is 5.41 Å². The van der Waals surface area contributed by atoms with Gasteiger partial charge < -0.3 is 5.32 Å². The first kappa shape index (κ1) is 12.0. The molecule has 14 heavy (non-hydrogen) atoms. The van der Waals surface area contributed by atoms with Crippen LogP contribution in [0.15, 0.2) is 0 Å².